The van der Waals surface area contributed by atoms with Crippen molar-refractivity contribution < 1.29 is 29.7 Å². The molecule has 8 heteroatoms. The van der Waals surface area contributed by atoms with Gasteiger partial charge in [-0.15, -0.1) is 0 Å². The third-order valence-electron chi connectivity index (χ3n) is 1.16. The van der Waals surface area contributed by atoms with Crippen LogP contribution in [0.3, 0.4) is 0 Å². The quantitative estimate of drug-likeness (QED) is 0.367. The first-order valence-electron chi connectivity index (χ1n) is 3.93. The number of hydrogen-bond donors (Lipinski definition) is 5. The topological polar surface area (TPSA) is 164 Å². The standard InChI is InChI=1S/C5H9NO4.C2H5NO2/c6-3(5(9)10)1-2-4(7)8;3-1-2(4)5/h3H,1-2,6H2,(H,7,8)(H,9,10);1,3H2,(H,4,5). The van der Waals surface area contributed by atoms with Crippen molar-refractivity contribution in [3.05, 3.63) is 0 Å². The summed E-state index contributed by atoms with van der Waals surface area (Å²) < 4.78 is 0. The highest BCUT2D eigenvalue weighted by molar-refractivity contribution is 5.74. The first-order valence-corrected chi connectivity index (χ1v) is 3.93. The zero-order valence-corrected chi connectivity index (χ0v) is 7.92. The predicted molar refractivity (Wildman–Crippen MR) is 49.2 cm³/mol. The molecule has 0 amide bonds. The molecule has 0 saturated heterocycles. The SMILES string of the molecule is NC(CCC(=O)O)C(=O)O.NCC(=O)O. The molecule has 0 saturated carbocycles. The number of nitrogens with two attached hydrogens (primary N) is 2. The second-order valence-electron chi connectivity index (χ2n) is 2.48. The van der Waals surface area contributed by atoms with Gasteiger partial charge in [-0.05, 0) is 6.42 Å². The average Bonchev–Trinajstić information content (AvgIpc) is 2.14. The molecule has 0 radical (unpaired) electrons. The Morgan fingerprint density at radius 1 is 1.07 bits per heavy atom. The van der Waals surface area contributed by atoms with Gasteiger partial charge in [-0.3, -0.25) is 14.4 Å². The van der Waals surface area contributed by atoms with E-state index in [0.717, 1.165) is 0 Å². The fraction of sp³-hybridized carbons (Fsp3) is 0.571. The predicted octanol–water partition coefficient (Wildman–Crippen LogP) is -1.71. The molecule has 0 heterocycles. The number of carbonyl (C=O) groups is 3. The van der Waals surface area contributed by atoms with Crippen molar-refractivity contribution in [3.63, 3.8) is 0 Å². The molecule has 0 spiro atoms. The second-order valence-corrected chi connectivity index (χ2v) is 2.48. The smallest absolute Gasteiger partial charge is 0.320 e. The Morgan fingerprint density at radius 2 is 1.47 bits per heavy atom. The molecule has 0 fully saturated rings. The van der Waals surface area contributed by atoms with Crippen molar-refractivity contribution in [2.75, 3.05) is 6.54 Å². The van der Waals surface area contributed by atoms with Crippen LogP contribution in [0.4, 0.5) is 0 Å². The molecule has 88 valence electrons. The summed E-state index contributed by atoms with van der Waals surface area (Å²) in [6, 6.07) is -1.06. The van der Waals surface area contributed by atoms with Gasteiger partial charge in [-0.1, -0.05) is 0 Å². The first kappa shape index (κ1) is 15.8. The van der Waals surface area contributed by atoms with E-state index in [0.29, 0.717) is 0 Å². The average molecular weight is 222 g/mol. The highest BCUT2D eigenvalue weighted by Gasteiger charge is 2.12. The van der Waals surface area contributed by atoms with Crippen molar-refractivity contribution in [2.45, 2.75) is 18.9 Å². The minimum Gasteiger partial charge on any atom is -0.481 e. The Bertz CT molecular complexity index is 230. The molecular formula is C7H14N2O6. The Hall–Kier alpha value is -1.67. The number of aliphatic carboxylic acids is 3. The Labute approximate surface area is 85.5 Å². The number of hydrogen-bond acceptors (Lipinski definition) is 5. The molecule has 0 aliphatic carbocycles. The van der Waals surface area contributed by atoms with E-state index < -0.39 is 23.9 Å². The Balaban J connectivity index is 0. The van der Waals surface area contributed by atoms with Crippen LogP contribution in [0.5, 0.6) is 0 Å². The normalized spacial score (nSPS) is 10.8. The lowest BCUT2D eigenvalue weighted by atomic mass is 10.2. The third kappa shape index (κ3) is 15.1. The maximum atomic E-state index is 9.99. The van der Waals surface area contributed by atoms with Crippen molar-refractivity contribution in [1.29, 1.82) is 0 Å². The fourth-order valence-corrected chi connectivity index (χ4v) is 0.402. The molecule has 0 aliphatic heterocycles. The van der Waals surface area contributed by atoms with Gasteiger partial charge >= 0.3 is 17.9 Å². The summed E-state index contributed by atoms with van der Waals surface area (Å²) in [4.78, 5) is 29.1. The maximum absolute atomic E-state index is 9.99. The highest BCUT2D eigenvalue weighted by Crippen LogP contribution is 1.93. The lowest BCUT2D eigenvalue weighted by molar-refractivity contribution is -0.140. The van der Waals surface area contributed by atoms with Gasteiger partial charge in [0.15, 0.2) is 0 Å². The first-order chi connectivity index (χ1) is 6.81. The van der Waals surface area contributed by atoms with Crippen molar-refractivity contribution in [2.24, 2.45) is 11.5 Å². The third-order valence-corrected chi connectivity index (χ3v) is 1.16. The molecule has 0 rings (SSSR count). The van der Waals surface area contributed by atoms with E-state index in [4.69, 9.17) is 21.1 Å². The van der Waals surface area contributed by atoms with Crippen LogP contribution in [-0.4, -0.2) is 45.8 Å². The summed E-state index contributed by atoms with van der Waals surface area (Å²) in [5.74, 6) is -3.16. The molecule has 0 bridgehead atoms. The highest BCUT2D eigenvalue weighted by atomic mass is 16.4. The van der Waals surface area contributed by atoms with Crippen LogP contribution >= 0.6 is 0 Å². The van der Waals surface area contributed by atoms with Crippen LogP contribution in [0, 0.1) is 0 Å². The van der Waals surface area contributed by atoms with Crippen LogP contribution in [-0.2, 0) is 14.4 Å². The lowest BCUT2D eigenvalue weighted by Crippen LogP contribution is -2.30. The molecule has 1 unspecified atom stereocenters. The summed E-state index contributed by atoms with van der Waals surface area (Å²) >= 11 is 0. The van der Waals surface area contributed by atoms with Crippen molar-refractivity contribution in [1.82, 2.24) is 0 Å². The van der Waals surface area contributed by atoms with E-state index in [-0.39, 0.29) is 19.4 Å². The number of rotatable bonds is 5. The minimum atomic E-state index is -1.17. The van der Waals surface area contributed by atoms with E-state index in [1.165, 1.54) is 0 Å². The van der Waals surface area contributed by atoms with Gasteiger partial charge in [0.05, 0.1) is 6.54 Å². The molecule has 0 aliphatic rings. The van der Waals surface area contributed by atoms with Gasteiger partial charge in [0.2, 0.25) is 0 Å². The van der Waals surface area contributed by atoms with Gasteiger partial charge < -0.3 is 26.8 Å². The van der Waals surface area contributed by atoms with Gasteiger partial charge in [0.25, 0.3) is 0 Å². The summed E-state index contributed by atoms with van der Waals surface area (Å²) in [6.07, 6.45) is -0.224. The van der Waals surface area contributed by atoms with Gasteiger partial charge in [-0.2, -0.15) is 0 Å². The van der Waals surface area contributed by atoms with Crippen LogP contribution in [0.25, 0.3) is 0 Å². The van der Waals surface area contributed by atoms with Crippen molar-refractivity contribution in [3.8, 4) is 0 Å². The van der Waals surface area contributed by atoms with Crippen LogP contribution in [0.1, 0.15) is 12.8 Å². The van der Waals surface area contributed by atoms with E-state index in [9.17, 15) is 14.4 Å². The molecular weight excluding hydrogens is 208 g/mol. The Kier molecular flexibility index (Phi) is 9.37. The maximum Gasteiger partial charge on any atom is 0.320 e. The fourth-order valence-electron chi connectivity index (χ4n) is 0.402. The Morgan fingerprint density at radius 3 is 1.67 bits per heavy atom. The zero-order chi connectivity index (χ0) is 12.4. The minimum absolute atomic E-state index is 0.0231. The lowest BCUT2D eigenvalue weighted by Gasteiger charge is -2.01. The van der Waals surface area contributed by atoms with E-state index in [1.54, 1.807) is 0 Å². The summed E-state index contributed by atoms with van der Waals surface area (Å²) in [7, 11) is 0. The van der Waals surface area contributed by atoms with Crippen LogP contribution < -0.4 is 11.5 Å². The molecule has 8 nitrogen and oxygen atoms in total. The van der Waals surface area contributed by atoms with E-state index in [2.05, 4.69) is 5.73 Å². The number of carboxylic acid groups (broad SMARTS) is 3. The second kappa shape index (κ2) is 8.91. The summed E-state index contributed by atoms with van der Waals surface area (Å²) in [5.41, 5.74) is 9.57. The van der Waals surface area contributed by atoms with Crippen LogP contribution in [0.15, 0.2) is 0 Å². The van der Waals surface area contributed by atoms with Gasteiger partial charge in [0.1, 0.15) is 6.04 Å². The van der Waals surface area contributed by atoms with Gasteiger partial charge in [-0.25, -0.2) is 0 Å². The molecule has 15 heavy (non-hydrogen) atoms. The molecule has 0 aromatic carbocycles. The zero-order valence-electron chi connectivity index (χ0n) is 7.92. The largest absolute Gasteiger partial charge is 0.481 e. The van der Waals surface area contributed by atoms with Crippen molar-refractivity contribution >= 4 is 17.9 Å². The van der Waals surface area contributed by atoms with E-state index in [1.807, 2.05) is 0 Å². The molecule has 1 atom stereocenters. The number of carboxylic acids is 3. The van der Waals surface area contributed by atoms with Crippen LogP contribution in [0.2, 0.25) is 0 Å². The summed E-state index contributed by atoms with van der Waals surface area (Å²) in [6.45, 7) is -0.278. The molecule has 0 aromatic rings. The van der Waals surface area contributed by atoms with E-state index >= 15 is 0 Å². The molecule has 0 aromatic heterocycles. The van der Waals surface area contributed by atoms with Gasteiger partial charge in [0, 0.05) is 6.42 Å². The molecule has 7 N–H and O–H groups in total. The summed E-state index contributed by atoms with van der Waals surface area (Å²) in [5, 5.41) is 23.9. The monoisotopic (exact) mass is 222 g/mol.